The van der Waals surface area contributed by atoms with Crippen LogP contribution in [0.5, 0.6) is 0 Å². The second-order valence-electron chi connectivity index (χ2n) is 7.75. The van der Waals surface area contributed by atoms with E-state index in [-0.39, 0.29) is 18.7 Å². The van der Waals surface area contributed by atoms with Crippen LogP contribution in [0.2, 0.25) is 0 Å². The Hall–Kier alpha value is -2.04. The zero-order valence-corrected chi connectivity index (χ0v) is 17.9. The minimum atomic E-state index is -4.44. The minimum absolute atomic E-state index is 0.0474. The normalized spacial score (nSPS) is 18.5. The Bertz CT molecular complexity index is 715. The number of piperidine rings is 1. The third kappa shape index (κ3) is 7.37. The number of aromatic nitrogens is 1. The van der Waals surface area contributed by atoms with Crippen LogP contribution in [0.1, 0.15) is 50.7 Å². The Morgan fingerprint density at radius 2 is 2.07 bits per heavy atom. The van der Waals surface area contributed by atoms with Crippen molar-refractivity contribution in [1.29, 1.82) is 0 Å². The smallest absolute Gasteiger partial charge is 0.434 e. The summed E-state index contributed by atoms with van der Waals surface area (Å²) in [6, 6.07) is -0.0474. The molecule has 29 heavy (non-hydrogen) atoms. The quantitative estimate of drug-likeness (QED) is 0.558. The average Bonchev–Trinajstić information content (AvgIpc) is 3.10. The van der Waals surface area contributed by atoms with Crippen LogP contribution < -0.4 is 10.6 Å². The molecular weight excluding hydrogens is 407 g/mol. The van der Waals surface area contributed by atoms with Crippen LogP contribution in [-0.4, -0.2) is 53.7 Å². The van der Waals surface area contributed by atoms with E-state index in [0.29, 0.717) is 24.1 Å². The first kappa shape index (κ1) is 23.2. The van der Waals surface area contributed by atoms with Crippen LogP contribution in [0, 0.1) is 0 Å². The number of carbonyl (C=O) groups excluding carboxylic acids is 1. The van der Waals surface area contributed by atoms with Gasteiger partial charge in [0.25, 0.3) is 0 Å². The topological polar surface area (TPSA) is 78.9 Å². The van der Waals surface area contributed by atoms with E-state index in [9.17, 15) is 18.0 Å². The van der Waals surface area contributed by atoms with Crippen molar-refractivity contribution in [3.05, 3.63) is 16.1 Å². The van der Waals surface area contributed by atoms with E-state index in [1.807, 2.05) is 20.8 Å². The molecule has 1 aliphatic rings. The molecule has 2 N–H and O–H groups in total. The molecule has 1 aromatic heterocycles. The second kappa shape index (κ2) is 9.64. The van der Waals surface area contributed by atoms with Crippen molar-refractivity contribution in [3.8, 4) is 0 Å². The largest absolute Gasteiger partial charge is 0.444 e. The minimum Gasteiger partial charge on any atom is -0.444 e. The number of carbonyl (C=O) groups is 1. The maximum Gasteiger partial charge on any atom is 0.434 e. The van der Waals surface area contributed by atoms with Gasteiger partial charge in [-0.2, -0.15) is 13.2 Å². The number of hydrogen-bond acceptors (Lipinski definition) is 5. The van der Waals surface area contributed by atoms with Gasteiger partial charge < -0.3 is 20.3 Å². The molecule has 2 rings (SSSR count). The number of nitrogens with one attached hydrogen (secondary N) is 2. The maximum absolute atomic E-state index is 12.6. The molecule has 0 saturated carbocycles. The monoisotopic (exact) mass is 435 g/mol. The molecular formula is C18H28F3N5O2S. The highest BCUT2D eigenvalue weighted by molar-refractivity contribution is 7.09. The van der Waals surface area contributed by atoms with Gasteiger partial charge in [-0.25, -0.2) is 9.78 Å². The molecule has 1 aliphatic heterocycles. The van der Waals surface area contributed by atoms with Crippen molar-refractivity contribution >= 4 is 23.4 Å². The van der Waals surface area contributed by atoms with Gasteiger partial charge in [0.05, 0.1) is 12.6 Å². The third-order valence-corrected chi connectivity index (χ3v) is 5.08. The molecule has 164 valence electrons. The SMILES string of the molecule is CN=C(NCc1nc(C(F)(F)F)cs1)NCC1CCCCN1C(=O)OC(C)(C)C. The van der Waals surface area contributed by atoms with Gasteiger partial charge in [-0.3, -0.25) is 4.99 Å². The van der Waals surface area contributed by atoms with E-state index in [0.717, 1.165) is 36.0 Å². The number of amides is 1. The van der Waals surface area contributed by atoms with Crippen LogP contribution in [0.25, 0.3) is 0 Å². The maximum atomic E-state index is 12.6. The lowest BCUT2D eigenvalue weighted by atomic mass is 10.0. The van der Waals surface area contributed by atoms with Crippen LogP contribution >= 0.6 is 11.3 Å². The molecule has 1 amide bonds. The lowest BCUT2D eigenvalue weighted by molar-refractivity contribution is -0.140. The van der Waals surface area contributed by atoms with E-state index < -0.39 is 17.5 Å². The number of guanidine groups is 1. The van der Waals surface area contributed by atoms with Crippen LogP contribution in [0.15, 0.2) is 10.4 Å². The first-order valence-electron chi connectivity index (χ1n) is 9.45. The Morgan fingerprint density at radius 3 is 2.66 bits per heavy atom. The third-order valence-electron chi connectivity index (χ3n) is 4.23. The number of likely N-dealkylation sites (tertiary alicyclic amines) is 1. The van der Waals surface area contributed by atoms with Crippen LogP contribution in [-0.2, 0) is 17.5 Å². The Labute approximate surface area is 172 Å². The van der Waals surface area contributed by atoms with Crippen molar-refractivity contribution in [2.45, 2.75) is 64.4 Å². The Balaban J connectivity index is 1.88. The summed E-state index contributed by atoms with van der Waals surface area (Å²) in [5, 5.41) is 7.40. The average molecular weight is 436 g/mol. The highest BCUT2D eigenvalue weighted by Crippen LogP contribution is 2.29. The van der Waals surface area contributed by atoms with Crippen molar-refractivity contribution in [1.82, 2.24) is 20.5 Å². The van der Waals surface area contributed by atoms with Crippen molar-refractivity contribution in [3.63, 3.8) is 0 Å². The fourth-order valence-corrected chi connectivity index (χ4v) is 3.63. The predicted octanol–water partition coefficient (Wildman–Crippen LogP) is 3.62. The molecule has 0 aliphatic carbocycles. The first-order valence-corrected chi connectivity index (χ1v) is 10.3. The van der Waals surface area contributed by atoms with Crippen LogP contribution in [0.3, 0.4) is 0 Å². The molecule has 1 unspecified atom stereocenters. The number of ether oxygens (including phenoxy) is 1. The van der Waals surface area contributed by atoms with E-state index in [2.05, 4.69) is 20.6 Å². The summed E-state index contributed by atoms with van der Waals surface area (Å²) in [6.07, 6.45) is -2.01. The summed E-state index contributed by atoms with van der Waals surface area (Å²) in [5.41, 5.74) is -1.45. The fraction of sp³-hybridized carbons (Fsp3) is 0.722. The molecule has 7 nitrogen and oxygen atoms in total. The van der Waals surface area contributed by atoms with E-state index in [1.165, 1.54) is 0 Å². The molecule has 1 atom stereocenters. The van der Waals surface area contributed by atoms with E-state index in [1.54, 1.807) is 11.9 Å². The van der Waals surface area contributed by atoms with Crippen molar-refractivity contribution in [2.24, 2.45) is 4.99 Å². The van der Waals surface area contributed by atoms with Crippen LogP contribution in [0.4, 0.5) is 18.0 Å². The molecule has 1 saturated heterocycles. The zero-order valence-electron chi connectivity index (χ0n) is 17.1. The highest BCUT2D eigenvalue weighted by Gasteiger charge is 2.34. The Kier molecular flexibility index (Phi) is 7.73. The molecule has 11 heteroatoms. The fourth-order valence-electron chi connectivity index (χ4n) is 2.89. The van der Waals surface area contributed by atoms with Gasteiger partial charge in [-0.15, -0.1) is 11.3 Å². The summed E-state index contributed by atoms with van der Waals surface area (Å²) >= 11 is 0.939. The summed E-state index contributed by atoms with van der Waals surface area (Å²) < 4.78 is 43.4. The molecule has 0 radical (unpaired) electrons. The number of rotatable bonds is 4. The summed E-state index contributed by atoms with van der Waals surface area (Å²) in [4.78, 5) is 21.9. The highest BCUT2D eigenvalue weighted by atomic mass is 32.1. The summed E-state index contributed by atoms with van der Waals surface area (Å²) in [6.45, 7) is 6.71. The van der Waals surface area contributed by atoms with Gasteiger partial charge in [0, 0.05) is 25.5 Å². The van der Waals surface area contributed by atoms with Crippen molar-refractivity contribution in [2.75, 3.05) is 20.1 Å². The first-order chi connectivity index (χ1) is 13.5. The Morgan fingerprint density at radius 1 is 1.34 bits per heavy atom. The molecule has 0 spiro atoms. The summed E-state index contributed by atoms with van der Waals surface area (Å²) in [7, 11) is 1.57. The van der Waals surface area contributed by atoms with Gasteiger partial charge >= 0.3 is 12.3 Å². The standard InChI is InChI=1S/C18H28F3N5O2S/c1-17(2,3)28-16(27)26-8-6-5-7-12(26)9-23-15(22-4)24-10-14-25-13(11-29-14)18(19,20)21/h11-12H,5-10H2,1-4H3,(H2,22,23,24). The molecule has 0 bridgehead atoms. The number of halogens is 3. The van der Waals surface area contributed by atoms with Gasteiger partial charge in [-0.05, 0) is 40.0 Å². The number of alkyl halides is 3. The van der Waals surface area contributed by atoms with Gasteiger partial charge in [0.15, 0.2) is 11.7 Å². The van der Waals surface area contributed by atoms with E-state index >= 15 is 0 Å². The second-order valence-corrected chi connectivity index (χ2v) is 8.70. The van der Waals surface area contributed by atoms with Gasteiger partial charge in [-0.1, -0.05) is 0 Å². The number of thiazole rings is 1. The lowest BCUT2D eigenvalue weighted by Crippen LogP contribution is -2.52. The van der Waals surface area contributed by atoms with Crippen molar-refractivity contribution < 1.29 is 22.7 Å². The van der Waals surface area contributed by atoms with Gasteiger partial charge in [0.1, 0.15) is 10.6 Å². The van der Waals surface area contributed by atoms with Gasteiger partial charge in [0.2, 0.25) is 0 Å². The predicted molar refractivity (Wildman–Crippen MR) is 106 cm³/mol. The molecule has 0 aromatic carbocycles. The van der Waals surface area contributed by atoms with E-state index in [4.69, 9.17) is 4.74 Å². The molecule has 2 heterocycles. The molecule has 1 fully saturated rings. The summed E-state index contributed by atoms with van der Waals surface area (Å²) in [5.74, 6) is 0.434. The molecule has 1 aromatic rings. The number of hydrogen-bond donors (Lipinski definition) is 2. The zero-order chi connectivity index (χ0) is 21.7. The number of nitrogens with zero attached hydrogens (tertiary/aromatic N) is 3. The lowest BCUT2D eigenvalue weighted by Gasteiger charge is -2.37. The number of aliphatic imine (C=N–C) groups is 1.